The van der Waals surface area contributed by atoms with Crippen molar-refractivity contribution in [1.82, 2.24) is 5.32 Å². The molecule has 0 aliphatic carbocycles. The third-order valence-corrected chi connectivity index (χ3v) is 3.33. The van der Waals surface area contributed by atoms with Gasteiger partial charge in [-0.25, -0.2) is 13.2 Å². The van der Waals surface area contributed by atoms with Crippen molar-refractivity contribution in [2.75, 3.05) is 32.2 Å². The molecule has 1 amide bonds. The molecule has 0 aromatic heterocycles. The van der Waals surface area contributed by atoms with Crippen LogP contribution in [-0.2, 0) is 19.3 Å². The number of hydrogen-bond donors (Lipinski definition) is 2. The van der Waals surface area contributed by atoms with Gasteiger partial charge in [-0.1, -0.05) is 0 Å². The first-order valence-corrected chi connectivity index (χ1v) is 6.78. The van der Waals surface area contributed by atoms with Crippen LogP contribution in [0.25, 0.3) is 0 Å². The van der Waals surface area contributed by atoms with Crippen molar-refractivity contribution in [3.05, 3.63) is 11.5 Å². The highest BCUT2D eigenvalue weighted by Crippen LogP contribution is 2.07. The lowest BCUT2D eigenvalue weighted by atomic mass is 10.3. The molecule has 8 heteroatoms. The van der Waals surface area contributed by atoms with E-state index in [9.17, 15) is 13.2 Å². The maximum Gasteiger partial charge on any atom is 0.407 e. The number of hydrogen-bond acceptors (Lipinski definition) is 6. The minimum absolute atomic E-state index is 0.0506. The Bertz CT molecular complexity index is 377. The molecule has 0 fully saturated rings. The van der Waals surface area contributed by atoms with Gasteiger partial charge in [-0.3, -0.25) is 0 Å². The summed E-state index contributed by atoms with van der Waals surface area (Å²) < 4.78 is 31.7. The quantitative estimate of drug-likeness (QED) is 0.599. The van der Waals surface area contributed by atoms with Crippen LogP contribution in [0.4, 0.5) is 4.79 Å². The molecular weight excluding hydrogens is 250 g/mol. The molecule has 0 saturated carbocycles. The highest BCUT2D eigenvalue weighted by atomic mass is 32.2. The number of nitrogens with one attached hydrogen (secondary N) is 1. The molecule has 0 saturated heterocycles. The standard InChI is InChI=1S/C9H15NO6S/c11-2-3-15-4-5-16-9(12)10-8-1-6-17(13,14)7-8/h1,6,8,11H,2-5,7H2,(H,10,12). The van der Waals surface area contributed by atoms with E-state index >= 15 is 0 Å². The first kappa shape index (κ1) is 13.9. The van der Waals surface area contributed by atoms with Crippen molar-refractivity contribution in [3.63, 3.8) is 0 Å². The molecule has 7 nitrogen and oxygen atoms in total. The average molecular weight is 265 g/mol. The number of ether oxygens (including phenoxy) is 2. The van der Waals surface area contributed by atoms with Crippen LogP contribution >= 0.6 is 0 Å². The van der Waals surface area contributed by atoms with Crippen LogP contribution in [0.15, 0.2) is 11.5 Å². The van der Waals surface area contributed by atoms with Gasteiger partial charge in [-0.15, -0.1) is 0 Å². The van der Waals surface area contributed by atoms with E-state index in [-0.39, 0.29) is 32.2 Å². The molecule has 2 N–H and O–H groups in total. The SMILES string of the molecule is O=C(NC1C=CS(=O)(=O)C1)OCCOCCO. The summed E-state index contributed by atoms with van der Waals surface area (Å²) in [5.41, 5.74) is 0. The fraction of sp³-hybridized carbons (Fsp3) is 0.667. The third-order valence-electron chi connectivity index (χ3n) is 1.93. The Morgan fingerprint density at radius 3 is 2.76 bits per heavy atom. The number of carbonyl (C=O) groups excluding carboxylic acids is 1. The van der Waals surface area contributed by atoms with Crippen molar-refractivity contribution in [1.29, 1.82) is 0 Å². The number of carbonyl (C=O) groups is 1. The molecule has 0 aromatic carbocycles. The Kier molecular flexibility index (Phi) is 5.39. The van der Waals surface area contributed by atoms with Crippen LogP contribution in [0.5, 0.6) is 0 Å². The largest absolute Gasteiger partial charge is 0.447 e. The van der Waals surface area contributed by atoms with E-state index in [1.807, 2.05) is 0 Å². The zero-order valence-corrected chi connectivity index (χ0v) is 9.98. The minimum atomic E-state index is -3.18. The van der Waals surface area contributed by atoms with Crippen molar-refractivity contribution in [3.8, 4) is 0 Å². The topological polar surface area (TPSA) is 102 Å². The van der Waals surface area contributed by atoms with Crippen LogP contribution in [0.1, 0.15) is 0 Å². The molecule has 0 spiro atoms. The van der Waals surface area contributed by atoms with Crippen LogP contribution in [0, 0.1) is 0 Å². The monoisotopic (exact) mass is 265 g/mol. The zero-order chi connectivity index (χ0) is 12.7. The first-order chi connectivity index (χ1) is 8.03. The lowest BCUT2D eigenvalue weighted by Gasteiger charge is -2.10. The van der Waals surface area contributed by atoms with Gasteiger partial charge in [0.15, 0.2) is 9.84 Å². The third kappa shape index (κ3) is 5.66. The fourth-order valence-corrected chi connectivity index (χ4v) is 2.45. The predicted molar refractivity (Wildman–Crippen MR) is 59.1 cm³/mol. The fourth-order valence-electron chi connectivity index (χ4n) is 1.22. The Hall–Kier alpha value is -1.12. The summed E-state index contributed by atoms with van der Waals surface area (Å²) in [4.78, 5) is 11.2. The highest BCUT2D eigenvalue weighted by Gasteiger charge is 2.23. The summed E-state index contributed by atoms with van der Waals surface area (Å²) >= 11 is 0. The molecule has 1 unspecified atom stereocenters. The molecule has 1 atom stereocenters. The second kappa shape index (κ2) is 6.58. The van der Waals surface area contributed by atoms with E-state index in [0.717, 1.165) is 5.41 Å². The summed E-state index contributed by atoms with van der Waals surface area (Å²) in [6, 6.07) is -0.536. The second-order valence-electron chi connectivity index (χ2n) is 3.38. The van der Waals surface area contributed by atoms with Crippen LogP contribution in [0.3, 0.4) is 0 Å². The van der Waals surface area contributed by atoms with Gasteiger partial charge >= 0.3 is 6.09 Å². The van der Waals surface area contributed by atoms with Gasteiger partial charge in [0.25, 0.3) is 0 Å². The van der Waals surface area contributed by atoms with E-state index in [2.05, 4.69) is 5.32 Å². The van der Waals surface area contributed by atoms with E-state index < -0.39 is 22.0 Å². The van der Waals surface area contributed by atoms with E-state index in [1.165, 1.54) is 6.08 Å². The summed E-state index contributed by atoms with van der Waals surface area (Å²) in [6.45, 7) is 0.341. The van der Waals surface area contributed by atoms with Gasteiger partial charge < -0.3 is 19.9 Å². The molecular formula is C9H15NO6S. The Morgan fingerprint density at radius 1 is 1.41 bits per heavy atom. The van der Waals surface area contributed by atoms with E-state index in [4.69, 9.17) is 14.6 Å². The first-order valence-electron chi connectivity index (χ1n) is 5.06. The average Bonchev–Trinajstić information content (AvgIpc) is 2.57. The lowest BCUT2D eigenvalue weighted by molar-refractivity contribution is 0.0534. The van der Waals surface area contributed by atoms with Crippen molar-refractivity contribution in [2.24, 2.45) is 0 Å². The van der Waals surface area contributed by atoms with Gasteiger partial charge in [0, 0.05) is 5.41 Å². The molecule has 0 aromatic rings. The number of sulfone groups is 1. The maximum absolute atomic E-state index is 11.2. The summed E-state index contributed by atoms with van der Waals surface area (Å²) in [5, 5.41) is 11.9. The molecule has 1 heterocycles. The number of aliphatic hydroxyl groups excluding tert-OH is 1. The molecule has 0 bridgehead atoms. The summed E-state index contributed by atoms with van der Waals surface area (Å²) in [6.07, 6.45) is 0.711. The van der Waals surface area contributed by atoms with Crippen molar-refractivity contribution in [2.45, 2.75) is 6.04 Å². The van der Waals surface area contributed by atoms with Crippen molar-refractivity contribution >= 4 is 15.9 Å². The molecule has 1 aliphatic rings. The predicted octanol–water partition coefficient (Wildman–Crippen LogP) is -0.968. The van der Waals surface area contributed by atoms with Gasteiger partial charge in [0.1, 0.15) is 6.61 Å². The zero-order valence-electron chi connectivity index (χ0n) is 9.16. The van der Waals surface area contributed by atoms with Gasteiger partial charge in [-0.2, -0.15) is 0 Å². The number of amides is 1. The van der Waals surface area contributed by atoms with Gasteiger partial charge in [0.2, 0.25) is 0 Å². The maximum atomic E-state index is 11.2. The van der Waals surface area contributed by atoms with Crippen LogP contribution in [-0.4, -0.2) is 57.8 Å². The van der Waals surface area contributed by atoms with Gasteiger partial charge in [0.05, 0.1) is 31.6 Å². The number of rotatable bonds is 6. The number of alkyl carbamates (subject to hydrolysis) is 1. The van der Waals surface area contributed by atoms with Crippen molar-refractivity contribution < 1.29 is 27.8 Å². The van der Waals surface area contributed by atoms with Crippen LogP contribution < -0.4 is 5.32 Å². The summed E-state index contributed by atoms with van der Waals surface area (Å²) in [7, 11) is -3.18. The molecule has 0 radical (unpaired) electrons. The summed E-state index contributed by atoms with van der Waals surface area (Å²) in [5.74, 6) is -0.136. The molecule has 17 heavy (non-hydrogen) atoms. The smallest absolute Gasteiger partial charge is 0.407 e. The Labute approximate surface area is 99.3 Å². The lowest BCUT2D eigenvalue weighted by Crippen LogP contribution is -2.36. The van der Waals surface area contributed by atoms with E-state index in [1.54, 1.807) is 0 Å². The molecule has 1 aliphatic heterocycles. The van der Waals surface area contributed by atoms with E-state index in [0.29, 0.717) is 0 Å². The number of aliphatic hydroxyl groups is 1. The van der Waals surface area contributed by atoms with Gasteiger partial charge in [-0.05, 0) is 6.08 Å². The normalized spacial score (nSPS) is 21.4. The minimum Gasteiger partial charge on any atom is -0.447 e. The Balaban J connectivity index is 2.12. The van der Waals surface area contributed by atoms with Crippen LogP contribution in [0.2, 0.25) is 0 Å². The second-order valence-corrected chi connectivity index (χ2v) is 5.31. The Morgan fingerprint density at radius 2 is 2.18 bits per heavy atom. The molecule has 98 valence electrons. The highest BCUT2D eigenvalue weighted by molar-refractivity contribution is 7.94. The molecule has 1 rings (SSSR count).